The highest BCUT2D eigenvalue weighted by Gasteiger charge is 2.13. The van der Waals surface area contributed by atoms with E-state index >= 15 is 0 Å². The number of hydrogen-bond donors (Lipinski definition) is 1. The van der Waals surface area contributed by atoms with Crippen molar-refractivity contribution in [1.82, 2.24) is 9.88 Å². The number of benzene rings is 1. The van der Waals surface area contributed by atoms with Gasteiger partial charge in [0.1, 0.15) is 0 Å². The molecule has 0 aliphatic heterocycles. The van der Waals surface area contributed by atoms with Crippen molar-refractivity contribution in [1.29, 1.82) is 0 Å². The standard InChI is InChI=1S/C17H18Cl2N2O2S/c1-2-21(11-12-3-6-20-7-4-12)16(22)5-8-24-13-9-14(18)17(23)15(19)10-13/h3-4,6-7,9-10,23H,2,5,8,11H2,1H3. The van der Waals surface area contributed by atoms with Gasteiger partial charge in [0.25, 0.3) is 0 Å². The highest BCUT2D eigenvalue weighted by atomic mass is 35.5. The van der Waals surface area contributed by atoms with Gasteiger partial charge in [-0.05, 0) is 36.8 Å². The van der Waals surface area contributed by atoms with Gasteiger partial charge in [-0.2, -0.15) is 0 Å². The minimum Gasteiger partial charge on any atom is -0.505 e. The fourth-order valence-electron chi connectivity index (χ4n) is 2.12. The molecular weight excluding hydrogens is 367 g/mol. The molecule has 0 bridgehead atoms. The first-order valence-corrected chi connectivity index (χ1v) is 9.23. The summed E-state index contributed by atoms with van der Waals surface area (Å²) >= 11 is 13.3. The van der Waals surface area contributed by atoms with Crippen LogP contribution >= 0.6 is 35.0 Å². The van der Waals surface area contributed by atoms with Gasteiger partial charge in [0, 0.05) is 42.6 Å². The van der Waals surface area contributed by atoms with E-state index in [-0.39, 0.29) is 21.7 Å². The third kappa shape index (κ3) is 5.30. The number of phenols is 1. The largest absolute Gasteiger partial charge is 0.505 e. The number of carbonyl (C=O) groups excluding carboxylic acids is 1. The van der Waals surface area contributed by atoms with Crippen LogP contribution in [0.4, 0.5) is 0 Å². The maximum Gasteiger partial charge on any atom is 0.223 e. The van der Waals surface area contributed by atoms with E-state index in [2.05, 4.69) is 4.98 Å². The van der Waals surface area contributed by atoms with E-state index in [1.165, 1.54) is 11.8 Å². The molecule has 1 aromatic carbocycles. The maximum absolute atomic E-state index is 12.4. The highest BCUT2D eigenvalue weighted by Crippen LogP contribution is 2.36. The number of aromatic nitrogens is 1. The molecule has 0 unspecified atom stereocenters. The van der Waals surface area contributed by atoms with Crippen molar-refractivity contribution in [3.8, 4) is 5.75 Å². The molecule has 4 nitrogen and oxygen atoms in total. The molecule has 1 heterocycles. The van der Waals surface area contributed by atoms with E-state index in [9.17, 15) is 9.90 Å². The van der Waals surface area contributed by atoms with Crippen LogP contribution in [-0.4, -0.2) is 33.2 Å². The quantitative estimate of drug-likeness (QED) is 0.707. The molecule has 0 saturated heterocycles. The fourth-order valence-corrected chi connectivity index (χ4v) is 3.66. The Morgan fingerprint density at radius 2 is 1.88 bits per heavy atom. The Labute approximate surface area is 155 Å². The highest BCUT2D eigenvalue weighted by molar-refractivity contribution is 7.99. The maximum atomic E-state index is 12.4. The normalized spacial score (nSPS) is 10.6. The van der Waals surface area contributed by atoms with E-state index < -0.39 is 0 Å². The van der Waals surface area contributed by atoms with Gasteiger partial charge in [0.15, 0.2) is 5.75 Å². The van der Waals surface area contributed by atoms with Crippen LogP contribution in [0.15, 0.2) is 41.6 Å². The van der Waals surface area contributed by atoms with Gasteiger partial charge in [-0.3, -0.25) is 9.78 Å². The van der Waals surface area contributed by atoms with Gasteiger partial charge < -0.3 is 10.0 Å². The van der Waals surface area contributed by atoms with Crippen molar-refractivity contribution in [2.45, 2.75) is 24.8 Å². The Hall–Kier alpha value is -1.43. The smallest absolute Gasteiger partial charge is 0.223 e. The molecule has 0 fully saturated rings. The van der Waals surface area contributed by atoms with Crippen molar-refractivity contribution in [2.75, 3.05) is 12.3 Å². The van der Waals surface area contributed by atoms with Crippen LogP contribution in [0.3, 0.4) is 0 Å². The Morgan fingerprint density at radius 3 is 2.46 bits per heavy atom. The van der Waals surface area contributed by atoms with Gasteiger partial charge in [-0.15, -0.1) is 11.8 Å². The summed E-state index contributed by atoms with van der Waals surface area (Å²) in [5.74, 6) is 0.592. The van der Waals surface area contributed by atoms with E-state index in [0.717, 1.165) is 10.5 Å². The molecular formula is C17H18Cl2N2O2S. The Morgan fingerprint density at radius 1 is 1.25 bits per heavy atom. The molecule has 7 heteroatoms. The summed E-state index contributed by atoms with van der Waals surface area (Å²) in [5, 5.41) is 9.98. The molecule has 1 N–H and O–H groups in total. The van der Waals surface area contributed by atoms with E-state index in [1.807, 2.05) is 24.0 Å². The van der Waals surface area contributed by atoms with Crippen molar-refractivity contribution < 1.29 is 9.90 Å². The number of amides is 1. The second-order valence-electron chi connectivity index (χ2n) is 5.10. The van der Waals surface area contributed by atoms with Crippen LogP contribution in [0.5, 0.6) is 5.75 Å². The minimum absolute atomic E-state index is 0.0952. The zero-order valence-electron chi connectivity index (χ0n) is 13.2. The predicted octanol–water partition coefficient (Wildman–Crippen LogP) is 4.62. The fraction of sp³-hybridized carbons (Fsp3) is 0.294. The lowest BCUT2D eigenvalue weighted by atomic mass is 10.2. The topological polar surface area (TPSA) is 53.4 Å². The van der Waals surface area contributed by atoms with Crippen molar-refractivity contribution in [3.63, 3.8) is 0 Å². The Kier molecular flexibility index (Phi) is 7.21. The van der Waals surface area contributed by atoms with Crippen molar-refractivity contribution >= 4 is 40.9 Å². The lowest BCUT2D eigenvalue weighted by Gasteiger charge is -2.21. The summed E-state index contributed by atoms with van der Waals surface area (Å²) in [5.41, 5.74) is 1.06. The number of halogens is 2. The van der Waals surface area contributed by atoms with Crippen LogP contribution in [-0.2, 0) is 11.3 Å². The van der Waals surface area contributed by atoms with Gasteiger partial charge >= 0.3 is 0 Å². The van der Waals surface area contributed by atoms with E-state index in [0.29, 0.717) is 25.3 Å². The number of hydrogen-bond acceptors (Lipinski definition) is 4. The number of pyridine rings is 1. The lowest BCUT2D eigenvalue weighted by molar-refractivity contribution is -0.131. The number of nitrogens with zero attached hydrogens (tertiary/aromatic N) is 2. The first-order chi connectivity index (χ1) is 11.5. The summed E-state index contributed by atoms with van der Waals surface area (Å²) in [7, 11) is 0. The molecule has 2 aromatic rings. The first-order valence-electron chi connectivity index (χ1n) is 7.48. The average Bonchev–Trinajstić information content (AvgIpc) is 2.58. The molecule has 0 atom stereocenters. The van der Waals surface area contributed by atoms with Gasteiger partial charge in [0.2, 0.25) is 5.91 Å². The zero-order chi connectivity index (χ0) is 17.5. The predicted molar refractivity (Wildman–Crippen MR) is 98.8 cm³/mol. The van der Waals surface area contributed by atoms with Crippen LogP contribution in [0.25, 0.3) is 0 Å². The third-order valence-electron chi connectivity index (χ3n) is 3.43. The molecule has 0 spiro atoms. The lowest BCUT2D eigenvalue weighted by Crippen LogP contribution is -2.30. The van der Waals surface area contributed by atoms with Crippen LogP contribution in [0.2, 0.25) is 10.0 Å². The van der Waals surface area contributed by atoms with Gasteiger partial charge in [-0.1, -0.05) is 23.2 Å². The molecule has 0 aliphatic carbocycles. The number of aromatic hydroxyl groups is 1. The molecule has 0 radical (unpaired) electrons. The summed E-state index contributed by atoms with van der Waals surface area (Å²) in [6.07, 6.45) is 3.86. The average molecular weight is 385 g/mol. The molecule has 0 aliphatic rings. The van der Waals surface area contributed by atoms with Crippen LogP contribution < -0.4 is 0 Å². The molecule has 2 rings (SSSR count). The van der Waals surface area contributed by atoms with Gasteiger partial charge in [-0.25, -0.2) is 0 Å². The Balaban J connectivity index is 1.87. The second kappa shape index (κ2) is 9.16. The second-order valence-corrected chi connectivity index (χ2v) is 7.08. The number of rotatable bonds is 7. The van der Waals surface area contributed by atoms with Gasteiger partial charge in [0.05, 0.1) is 10.0 Å². The van der Waals surface area contributed by atoms with Crippen molar-refractivity contribution in [3.05, 3.63) is 52.3 Å². The minimum atomic E-state index is -0.117. The Bertz CT molecular complexity index is 675. The van der Waals surface area contributed by atoms with E-state index in [1.54, 1.807) is 24.5 Å². The summed E-state index contributed by atoms with van der Waals surface area (Å²) in [6, 6.07) is 7.11. The first kappa shape index (κ1) is 18.9. The van der Waals surface area contributed by atoms with E-state index in [4.69, 9.17) is 23.2 Å². The van der Waals surface area contributed by atoms with Crippen LogP contribution in [0.1, 0.15) is 18.9 Å². The summed E-state index contributed by atoms with van der Waals surface area (Å²) in [6.45, 7) is 3.20. The number of thioether (sulfide) groups is 1. The third-order valence-corrected chi connectivity index (χ3v) is 4.99. The SMILES string of the molecule is CCN(Cc1ccncc1)C(=O)CCSc1cc(Cl)c(O)c(Cl)c1. The summed E-state index contributed by atoms with van der Waals surface area (Å²) < 4.78 is 0. The number of carbonyl (C=O) groups is 1. The monoisotopic (exact) mass is 384 g/mol. The summed E-state index contributed by atoms with van der Waals surface area (Å²) in [4.78, 5) is 19.0. The van der Waals surface area contributed by atoms with Crippen LogP contribution in [0, 0.1) is 0 Å². The molecule has 128 valence electrons. The zero-order valence-corrected chi connectivity index (χ0v) is 15.5. The molecule has 1 amide bonds. The molecule has 0 saturated carbocycles. The molecule has 1 aromatic heterocycles. The molecule has 24 heavy (non-hydrogen) atoms. The van der Waals surface area contributed by atoms with Crippen molar-refractivity contribution in [2.24, 2.45) is 0 Å². The number of phenolic OH excluding ortho intramolecular Hbond substituents is 1.